The average Bonchev–Trinajstić information content (AvgIpc) is 2.95. The van der Waals surface area contributed by atoms with Gasteiger partial charge in [0.15, 0.2) is 0 Å². The summed E-state index contributed by atoms with van der Waals surface area (Å²) in [6.45, 7) is 6.49. The number of aromatic nitrogens is 3. The fourth-order valence-corrected chi connectivity index (χ4v) is 4.37. The van der Waals surface area contributed by atoms with E-state index in [2.05, 4.69) is 40.4 Å². The van der Waals surface area contributed by atoms with E-state index < -0.39 is 11.9 Å². The van der Waals surface area contributed by atoms with E-state index in [1.807, 2.05) is 38.1 Å². The molecule has 2 aromatic heterocycles. The van der Waals surface area contributed by atoms with Gasteiger partial charge in [-0.3, -0.25) is 5.32 Å². The topological polar surface area (TPSA) is 134 Å². The first-order valence-electron chi connectivity index (χ1n) is 12.5. The molecule has 3 aromatic rings. The number of aliphatic imine (C=N–C) groups is 1. The molecule has 12 nitrogen and oxygen atoms in total. The van der Waals surface area contributed by atoms with Gasteiger partial charge in [-0.05, 0) is 62.5 Å². The summed E-state index contributed by atoms with van der Waals surface area (Å²) in [5.41, 5.74) is 2.31. The first-order valence-corrected chi connectivity index (χ1v) is 12.9. The van der Waals surface area contributed by atoms with E-state index in [1.165, 1.54) is 32.4 Å². The number of nitrogens with zero attached hydrogens (tertiary/aromatic N) is 6. The lowest BCUT2D eigenvalue weighted by molar-refractivity contribution is 0.0599. The van der Waals surface area contributed by atoms with E-state index in [-0.39, 0.29) is 16.2 Å². The van der Waals surface area contributed by atoms with Crippen molar-refractivity contribution >= 4 is 52.7 Å². The molecule has 13 heteroatoms. The number of piperazine rings is 1. The number of anilines is 3. The third kappa shape index (κ3) is 7.26. The van der Waals surface area contributed by atoms with Crippen LogP contribution in [0.25, 0.3) is 0 Å². The van der Waals surface area contributed by atoms with Crippen LogP contribution in [0.2, 0.25) is 0 Å². The second kappa shape index (κ2) is 12.9. The lowest BCUT2D eigenvalue weighted by Crippen LogP contribution is -2.51. The molecule has 0 spiro atoms. The summed E-state index contributed by atoms with van der Waals surface area (Å²) in [6.07, 6.45) is 1.78. The molecule has 0 radical (unpaired) electrons. The molecule has 2 N–H and O–H groups in total. The fraction of sp³-hybridized carbons (Fsp3) is 0.296. The fourth-order valence-electron chi connectivity index (χ4n) is 4.17. The number of thiocarbonyl (C=S) groups is 1. The van der Waals surface area contributed by atoms with Crippen molar-refractivity contribution in [2.75, 3.05) is 55.9 Å². The third-order valence-electron chi connectivity index (χ3n) is 5.99. The number of benzene rings is 1. The molecule has 1 saturated heterocycles. The van der Waals surface area contributed by atoms with Crippen LogP contribution in [-0.4, -0.2) is 83.3 Å². The van der Waals surface area contributed by atoms with Gasteiger partial charge in [0.05, 0.1) is 25.3 Å². The van der Waals surface area contributed by atoms with Crippen LogP contribution >= 0.6 is 12.2 Å². The first-order chi connectivity index (χ1) is 19.2. The van der Waals surface area contributed by atoms with Gasteiger partial charge in [-0.15, -0.1) is 0 Å². The van der Waals surface area contributed by atoms with E-state index in [0.717, 1.165) is 30.3 Å². The Morgan fingerprint density at radius 2 is 1.52 bits per heavy atom. The second-order valence-electron chi connectivity index (χ2n) is 8.91. The van der Waals surface area contributed by atoms with Crippen LogP contribution in [0.1, 0.15) is 32.1 Å². The van der Waals surface area contributed by atoms with Gasteiger partial charge < -0.3 is 24.6 Å². The Kier molecular flexibility index (Phi) is 9.17. The highest BCUT2D eigenvalue weighted by Crippen LogP contribution is 2.18. The SMILES string of the molecule is COC(=O)c1cc(NC(=S)/N=C(/Nc2nc(C)cc(C)n2)N2CCN(c3ccccn3)CC2)cc(C(=O)OC)c1. The van der Waals surface area contributed by atoms with Gasteiger partial charge >= 0.3 is 11.9 Å². The monoisotopic (exact) mass is 562 g/mol. The molecule has 0 amide bonds. The van der Waals surface area contributed by atoms with E-state index in [1.54, 1.807) is 6.20 Å². The molecule has 0 bridgehead atoms. The Morgan fingerprint density at radius 1 is 0.900 bits per heavy atom. The molecule has 3 heterocycles. The quantitative estimate of drug-likeness (QED) is 0.205. The summed E-state index contributed by atoms with van der Waals surface area (Å²) in [5.74, 6) is 0.550. The predicted octanol–water partition coefficient (Wildman–Crippen LogP) is 3.05. The minimum Gasteiger partial charge on any atom is -0.465 e. The average molecular weight is 563 g/mol. The maximum absolute atomic E-state index is 12.2. The zero-order valence-corrected chi connectivity index (χ0v) is 23.5. The number of ether oxygens (including phenoxy) is 2. The largest absolute Gasteiger partial charge is 0.465 e. The van der Waals surface area contributed by atoms with Crippen molar-refractivity contribution in [3.63, 3.8) is 0 Å². The van der Waals surface area contributed by atoms with Gasteiger partial charge in [0, 0.05) is 49.5 Å². The van der Waals surface area contributed by atoms with Crippen molar-refractivity contribution < 1.29 is 19.1 Å². The minimum absolute atomic E-state index is 0.0943. The highest BCUT2D eigenvalue weighted by molar-refractivity contribution is 7.80. The number of esters is 2. The molecule has 0 unspecified atom stereocenters. The molecule has 0 saturated carbocycles. The summed E-state index contributed by atoms with van der Waals surface area (Å²) < 4.78 is 9.63. The van der Waals surface area contributed by atoms with Gasteiger partial charge in [0.25, 0.3) is 0 Å². The van der Waals surface area contributed by atoms with Crippen LogP contribution in [0.5, 0.6) is 0 Å². The van der Waals surface area contributed by atoms with Gasteiger partial charge in [0.1, 0.15) is 5.82 Å². The van der Waals surface area contributed by atoms with E-state index in [4.69, 9.17) is 21.7 Å². The molecule has 40 heavy (non-hydrogen) atoms. The number of hydrogen-bond acceptors (Lipinski definition) is 9. The lowest BCUT2D eigenvalue weighted by atomic mass is 10.1. The lowest BCUT2D eigenvalue weighted by Gasteiger charge is -2.36. The zero-order chi connectivity index (χ0) is 28.6. The molecule has 0 atom stereocenters. The number of hydrogen-bond donors (Lipinski definition) is 2. The second-order valence-corrected chi connectivity index (χ2v) is 9.30. The normalized spacial score (nSPS) is 13.4. The number of carbonyl (C=O) groups excluding carboxylic acids is 2. The van der Waals surface area contributed by atoms with Gasteiger partial charge in [-0.2, -0.15) is 4.99 Å². The maximum Gasteiger partial charge on any atom is 0.337 e. The number of nitrogens with one attached hydrogen (secondary N) is 2. The van der Waals surface area contributed by atoms with Crippen LogP contribution in [0, 0.1) is 13.8 Å². The van der Waals surface area contributed by atoms with E-state index in [0.29, 0.717) is 30.7 Å². The highest BCUT2D eigenvalue weighted by Gasteiger charge is 2.22. The van der Waals surface area contributed by atoms with Crippen molar-refractivity contribution in [3.05, 3.63) is 71.2 Å². The van der Waals surface area contributed by atoms with Crippen molar-refractivity contribution in [2.24, 2.45) is 4.99 Å². The Morgan fingerprint density at radius 3 is 2.08 bits per heavy atom. The van der Waals surface area contributed by atoms with Gasteiger partial charge in [-0.25, -0.2) is 24.5 Å². The Hall–Kier alpha value is -4.65. The summed E-state index contributed by atoms with van der Waals surface area (Å²) in [5, 5.41) is 6.31. The molecule has 1 aliphatic rings. The van der Waals surface area contributed by atoms with Crippen molar-refractivity contribution in [3.8, 4) is 0 Å². The number of pyridine rings is 1. The Balaban J connectivity index is 1.59. The zero-order valence-electron chi connectivity index (χ0n) is 22.7. The van der Waals surface area contributed by atoms with Crippen LogP contribution < -0.4 is 15.5 Å². The Labute approximate surface area is 237 Å². The summed E-state index contributed by atoms with van der Waals surface area (Å²) in [4.78, 5) is 46.7. The Bertz CT molecular complexity index is 1370. The number of carbonyl (C=O) groups is 2. The van der Waals surface area contributed by atoms with Crippen LogP contribution in [-0.2, 0) is 9.47 Å². The highest BCUT2D eigenvalue weighted by atomic mass is 32.1. The molecular formula is C27H30N8O4S. The van der Waals surface area contributed by atoms with Crippen molar-refractivity contribution in [2.45, 2.75) is 13.8 Å². The van der Waals surface area contributed by atoms with E-state index in [9.17, 15) is 9.59 Å². The van der Waals surface area contributed by atoms with Crippen LogP contribution in [0.3, 0.4) is 0 Å². The van der Waals surface area contributed by atoms with Crippen molar-refractivity contribution in [1.82, 2.24) is 19.9 Å². The molecule has 4 rings (SSSR count). The third-order valence-corrected chi connectivity index (χ3v) is 6.19. The van der Waals surface area contributed by atoms with Gasteiger partial charge in [-0.1, -0.05) is 6.07 Å². The molecule has 1 fully saturated rings. The standard InChI is InChI=1S/C27H30N8O4S/c1-17-13-18(2)30-25(29-17)32-26(35-11-9-34(10-12-35)22-7-5-6-8-28-22)33-27(40)31-21-15-19(23(36)38-3)14-20(16-21)24(37)39-4/h5-8,13-16H,9-12H2,1-4H3,(H2,29,30,31,32,33,40). The maximum atomic E-state index is 12.2. The number of rotatable bonds is 5. The summed E-state index contributed by atoms with van der Waals surface area (Å²) in [7, 11) is 2.52. The van der Waals surface area contributed by atoms with Gasteiger partial charge in [0.2, 0.25) is 17.0 Å². The molecule has 0 aliphatic carbocycles. The predicted molar refractivity (Wildman–Crippen MR) is 156 cm³/mol. The molecule has 1 aliphatic heterocycles. The van der Waals surface area contributed by atoms with Crippen LogP contribution in [0.4, 0.5) is 17.5 Å². The number of aryl methyl sites for hydroxylation is 2. The van der Waals surface area contributed by atoms with Crippen LogP contribution in [0.15, 0.2) is 53.7 Å². The smallest absolute Gasteiger partial charge is 0.337 e. The van der Waals surface area contributed by atoms with E-state index >= 15 is 0 Å². The summed E-state index contributed by atoms with van der Waals surface area (Å²) in [6, 6.07) is 12.1. The molecular weight excluding hydrogens is 532 g/mol. The minimum atomic E-state index is -0.608. The summed E-state index contributed by atoms with van der Waals surface area (Å²) >= 11 is 5.56. The van der Waals surface area contributed by atoms with Crippen molar-refractivity contribution in [1.29, 1.82) is 0 Å². The molecule has 208 valence electrons. The number of methoxy groups -OCH3 is 2. The number of guanidine groups is 1. The first kappa shape index (κ1) is 28.4. The molecule has 1 aromatic carbocycles.